The van der Waals surface area contributed by atoms with Gasteiger partial charge in [0.05, 0.1) is 5.69 Å². The number of ether oxygens (including phenoxy) is 1. The van der Waals surface area contributed by atoms with Gasteiger partial charge in [-0.1, -0.05) is 6.07 Å². The molecule has 0 heterocycles. The molecular formula is C10H11ClF3NO. The molecule has 0 saturated carbocycles. The SMILES string of the molecule is Cc1ccc(OC(F)(F)F)c(NCCCl)c1. The van der Waals surface area contributed by atoms with Crippen molar-refractivity contribution in [2.45, 2.75) is 13.3 Å². The fourth-order valence-corrected chi connectivity index (χ4v) is 1.27. The predicted molar refractivity (Wildman–Crippen MR) is 57.1 cm³/mol. The largest absolute Gasteiger partial charge is 0.573 e. The first kappa shape index (κ1) is 13.0. The summed E-state index contributed by atoms with van der Waals surface area (Å²) < 4.78 is 40.1. The minimum absolute atomic E-state index is 0.247. The molecule has 1 N–H and O–H groups in total. The van der Waals surface area contributed by atoms with Crippen molar-refractivity contribution in [3.63, 3.8) is 0 Å². The monoisotopic (exact) mass is 253 g/mol. The van der Waals surface area contributed by atoms with Gasteiger partial charge in [0.15, 0.2) is 5.75 Å². The molecule has 0 atom stereocenters. The molecule has 2 nitrogen and oxygen atoms in total. The number of anilines is 1. The minimum atomic E-state index is -4.69. The molecule has 1 rings (SSSR count). The highest BCUT2D eigenvalue weighted by atomic mass is 35.5. The molecule has 1 aromatic carbocycles. The van der Waals surface area contributed by atoms with Gasteiger partial charge < -0.3 is 10.1 Å². The van der Waals surface area contributed by atoms with Crippen LogP contribution >= 0.6 is 11.6 Å². The van der Waals surface area contributed by atoms with Gasteiger partial charge >= 0.3 is 6.36 Å². The average molecular weight is 254 g/mol. The molecule has 6 heteroatoms. The van der Waals surface area contributed by atoms with Crippen molar-refractivity contribution in [3.05, 3.63) is 23.8 Å². The second-order valence-corrected chi connectivity index (χ2v) is 3.54. The maximum Gasteiger partial charge on any atom is 0.573 e. The van der Waals surface area contributed by atoms with E-state index < -0.39 is 6.36 Å². The molecule has 0 aliphatic rings. The van der Waals surface area contributed by atoms with Crippen LogP contribution in [-0.4, -0.2) is 18.8 Å². The Balaban J connectivity index is 2.89. The fourth-order valence-electron chi connectivity index (χ4n) is 1.18. The van der Waals surface area contributed by atoms with E-state index in [2.05, 4.69) is 10.1 Å². The molecule has 90 valence electrons. The van der Waals surface area contributed by atoms with Crippen LogP contribution < -0.4 is 10.1 Å². The zero-order valence-electron chi connectivity index (χ0n) is 8.57. The lowest BCUT2D eigenvalue weighted by Crippen LogP contribution is -2.18. The number of aryl methyl sites for hydroxylation is 1. The van der Waals surface area contributed by atoms with E-state index in [0.717, 1.165) is 5.56 Å². The van der Waals surface area contributed by atoms with Gasteiger partial charge in [-0.15, -0.1) is 24.8 Å². The van der Waals surface area contributed by atoms with Gasteiger partial charge in [-0.25, -0.2) is 0 Å². The number of alkyl halides is 4. The molecule has 16 heavy (non-hydrogen) atoms. The molecule has 0 aromatic heterocycles. The Morgan fingerprint density at radius 1 is 1.38 bits per heavy atom. The molecule has 0 amide bonds. The summed E-state index contributed by atoms with van der Waals surface area (Å²) in [4.78, 5) is 0. The molecule has 0 fully saturated rings. The zero-order valence-corrected chi connectivity index (χ0v) is 9.32. The second-order valence-electron chi connectivity index (χ2n) is 3.16. The van der Waals surface area contributed by atoms with Crippen LogP contribution in [0.3, 0.4) is 0 Å². The standard InChI is InChI=1S/C10H11ClF3NO/c1-7-2-3-9(16-10(12,13)14)8(6-7)15-5-4-11/h2-3,6,15H,4-5H2,1H3. The average Bonchev–Trinajstić information content (AvgIpc) is 2.16. The van der Waals surface area contributed by atoms with Gasteiger partial charge in [-0.2, -0.15) is 0 Å². The number of nitrogens with one attached hydrogen (secondary N) is 1. The highest BCUT2D eigenvalue weighted by Crippen LogP contribution is 2.30. The van der Waals surface area contributed by atoms with Crippen LogP contribution in [0.15, 0.2) is 18.2 Å². The first-order valence-corrected chi connectivity index (χ1v) is 5.12. The van der Waals surface area contributed by atoms with Crippen LogP contribution in [0, 0.1) is 6.92 Å². The van der Waals surface area contributed by atoms with Crippen molar-refractivity contribution in [2.24, 2.45) is 0 Å². The molecule has 0 bridgehead atoms. The Labute approximate surface area is 96.4 Å². The number of rotatable bonds is 4. The van der Waals surface area contributed by atoms with Crippen molar-refractivity contribution in [1.82, 2.24) is 0 Å². The van der Waals surface area contributed by atoms with Crippen molar-refractivity contribution < 1.29 is 17.9 Å². The summed E-state index contributed by atoms with van der Waals surface area (Å²) in [5, 5.41) is 2.77. The summed E-state index contributed by atoms with van der Waals surface area (Å²) in [5.74, 6) is 0.0579. The highest BCUT2D eigenvalue weighted by molar-refractivity contribution is 6.18. The summed E-state index contributed by atoms with van der Waals surface area (Å²) >= 11 is 5.45. The van der Waals surface area contributed by atoms with Crippen LogP contribution in [0.1, 0.15) is 5.56 Å². The van der Waals surface area contributed by atoms with Crippen molar-refractivity contribution in [1.29, 1.82) is 0 Å². The Morgan fingerprint density at radius 2 is 2.06 bits per heavy atom. The third kappa shape index (κ3) is 4.18. The summed E-state index contributed by atoms with van der Waals surface area (Å²) in [6.45, 7) is 2.16. The predicted octanol–water partition coefficient (Wildman–Crippen LogP) is 3.54. The van der Waals surface area contributed by atoms with E-state index >= 15 is 0 Å². The van der Waals surface area contributed by atoms with Gasteiger partial charge in [0.1, 0.15) is 0 Å². The van der Waals surface area contributed by atoms with Crippen LogP contribution in [0.2, 0.25) is 0 Å². The topological polar surface area (TPSA) is 21.3 Å². The van der Waals surface area contributed by atoms with E-state index in [-0.39, 0.29) is 11.4 Å². The van der Waals surface area contributed by atoms with E-state index in [1.807, 2.05) is 0 Å². The summed E-state index contributed by atoms with van der Waals surface area (Å²) in [6, 6.07) is 4.40. The Morgan fingerprint density at radius 3 is 2.62 bits per heavy atom. The maximum atomic E-state index is 12.1. The van der Waals surface area contributed by atoms with Crippen LogP contribution in [0.25, 0.3) is 0 Å². The maximum absolute atomic E-state index is 12.1. The van der Waals surface area contributed by atoms with Crippen LogP contribution in [0.4, 0.5) is 18.9 Å². The van der Waals surface area contributed by atoms with Crippen LogP contribution in [-0.2, 0) is 0 Å². The second kappa shape index (κ2) is 5.30. The smallest absolute Gasteiger partial charge is 0.404 e. The van der Waals surface area contributed by atoms with E-state index in [0.29, 0.717) is 12.4 Å². The molecule has 0 aliphatic carbocycles. The van der Waals surface area contributed by atoms with E-state index in [4.69, 9.17) is 11.6 Å². The third-order valence-corrected chi connectivity index (χ3v) is 1.96. The Hall–Kier alpha value is -1.10. The first-order chi connectivity index (χ1) is 7.42. The molecule has 0 radical (unpaired) electrons. The molecule has 1 aromatic rings. The normalized spacial score (nSPS) is 11.3. The van der Waals surface area contributed by atoms with Crippen molar-refractivity contribution >= 4 is 17.3 Å². The lowest BCUT2D eigenvalue weighted by Gasteiger charge is -2.14. The number of benzene rings is 1. The third-order valence-electron chi connectivity index (χ3n) is 1.77. The number of hydrogen-bond acceptors (Lipinski definition) is 2. The van der Waals surface area contributed by atoms with Gasteiger partial charge in [-0.05, 0) is 24.6 Å². The van der Waals surface area contributed by atoms with E-state index in [1.54, 1.807) is 19.1 Å². The molecular weight excluding hydrogens is 243 g/mol. The van der Waals surface area contributed by atoms with E-state index in [1.165, 1.54) is 6.07 Å². The number of halogens is 4. The molecule has 0 spiro atoms. The van der Waals surface area contributed by atoms with Crippen molar-refractivity contribution in [3.8, 4) is 5.75 Å². The zero-order chi connectivity index (χ0) is 12.2. The van der Waals surface area contributed by atoms with Gasteiger partial charge in [0.25, 0.3) is 0 Å². The lowest BCUT2D eigenvalue weighted by atomic mass is 10.2. The first-order valence-electron chi connectivity index (χ1n) is 4.58. The molecule has 0 saturated heterocycles. The lowest BCUT2D eigenvalue weighted by molar-refractivity contribution is -0.274. The summed E-state index contributed by atoms with van der Waals surface area (Å²) in [5.41, 5.74) is 1.13. The summed E-state index contributed by atoms with van der Waals surface area (Å²) in [7, 11) is 0. The molecule has 0 unspecified atom stereocenters. The van der Waals surface area contributed by atoms with Gasteiger partial charge in [-0.3, -0.25) is 0 Å². The van der Waals surface area contributed by atoms with Gasteiger partial charge in [0.2, 0.25) is 0 Å². The van der Waals surface area contributed by atoms with Crippen molar-refractivity contribution in [2.75, 3.05) is 17.7 Å². The minimum Gasteiger partial charge on any atom is -0.404 e. The Kier molecular flexibility index (Phi) is 4.29. The van der Waals surface area contributed by atoms with E-state index in [9.17, 15) is 13.2 Å². The van der Waals surface area contributed by atoms with Crippen LogP contribution in [0.5, 0.6) is 5.75 Å². The van der Waals surface area contributed by atoms with Gasteiger partial charge in [0, 0.05) is 12.4 Å². The quantitative estimate of drug-likeness (QED) is 0.829. The highest BCUT2D eigenvalue weighted by Gasteiger charge is 2.32. The molecule has 0 aliphatic heterocycles. The number of hydrogen-bond donors (Lipinski definition) is 1. The fraction of sp³-hybridized carbons (Fsp3) is 0.400. The summed E-state index contributed by atoms with van der Waals surface area (Å²) in [6.07, 6.45) is -4.69. The Bertz CT molecular complexity index is 354.